The average molecular weight is 227 g/mol. The van der Waals surface area contributed by atoms with Gasteiger partial charge in [0.25, 0.3) is 0 Å². The van der Waals surface area contributed by atoms with Crippen LogP contribution >= 0.6 is 11.8 Å². The highest BCUT2D eigenvalue weighted by atomic mass is 32.2. The first kappa shape index (κ1) is 14.3. The summed E-state index contributed by atoms with van der Waals surface area (Å²) in [5, 5.41) is 0. The van der Waals surface area contributed by atoms with E-state index in [9.17, 15) is 0 Å². The van der Waals surface area contributed by atoms with Crippen molar-refractivity contribution in [3.63, 3.8) is 0 Å². The topological polar surface area (TPSA) is 35.2 Å². The third-order valence-electron chi connectivity index (χ3n) is 1.69. The molecular formula is C12H21NOS. The molecule has 0 saturated heterocycles. The Labute approximate surface area is 97.2 Å². The Morgan fingerprint density at radius 2 is 1.93 bits per heavy atom. The lowest BCUT2D eigenvalue weighted by Crippen LogP contribution is -1.88. The fourth-order valence-corrected chi connectivity index (χ4v) is 1.47. The molecule has 1 rings (SSSR count). The minimum Gasteiger partial charge on any atom is -0.398 e. The molecule has 2 N–H and O–H groups in total. The Morgan fingerprint density at radius 3 is 2.27 bits per heavy atom. The van der Waals surface area contributed by atoms with Crippen molar-refractivity contribution in [2.24, 2.45) is 0 Å². The van der Waals surface area contributed by atoms with Gasteiger partial charge in [0.05, 0.1) is 0 Å². The third kappa shape index (κ3) is 7.28. The predicted molar refractivity (Wildman–Crippen MR) is 69.4 cm³/mol. The molecule has 0 aliphatic carbocycles. The Bertz CT molecular complexity index is 249. The average Bonchev–Trinajstić information content (AvgIpc) is 2.28. The van der Waals surface area contributed by atoms with Gasteiger partial charge in [-0.05, 0) is 31.7 Å². The van der Waals surface area contributed by atoms with E-state index in [1.165, 1.54) is 0 Å². The fourth-order valence-electron chi connectivity index (χ4n) is 0.955. The van der Waals surface area contributed by atoms with Crippen LogP contribution < -0.4 is 5.73 Å². The Balaban J connectivity index is 0.000000288. The number of nitrogens with two attached hydrogens (primary N) is 1. The van der Waals surface area contributed by atoms with Crippen molar-refractivity contribution in [2.45, 2.75) is 25.2 Å². The van der Waals surface area contributed by atoms with E-state index in [4.69, 9.17) is 10.5 Å². The molecule has 0 aliphatic heterocycles. The zero-order valence-electron chi connectivity index (χ0n) is 9.82. The standard InChI is InChI=1S/C7H9NS.C5H12O/c1-9-7-5-3-2-4-6(7)8;1-3-5-6-4-2/h2-5H,8H2,1H3;3-5H2,1-2H3. The number of hydrogen-bond acceptors (Lipinski definition) is 3. The van der Waals surface area contributed by atoms with Gasteiger partial charge in [0.1, 0.15) is 0 Å². The van der Waals surface area contributed by atoms with Gasteiger partial charge in [-0.3, -0.25) is 0 Å². The van der Waals surface area contributed by atoms with E-state index in [0.29, 0.717) is 0 Å². The molecule has 15 heavy (non-hydrogen) atoms. The van der Waals surface area contributed by atoms with E-state index in [1.807, 2.05) is 37.4 Å². The van der Waals surface area contributed by atoms with Crippen molar-refractivity contribution in [3.8, 4) is 0 Å². The molecule has 0 radical (unpaired) electrons. The summed E-state index contributed by atoms with van der Waals surface area (Å²) in [6.07, 6.45) is 3.15. The summed E-state index contributed by atoms with van der Waals surface area (Å²) in [4.78, 5) is 1.15. The molecule has 0 aliphatic rings. The molecule has 0 atom stereocenters. The Hall–Kier alpha value is -0.670. The second-order valence-corrected chi connectivity index (χ2v) is 3.79. The molecule has 0 heterocycles. The van der Waals surface area contributed by atoms with Crippen LogP contribution in [0.25, 0.3) is 0 Å². The summed E-state index contributed by atoms with van der Waals surface area (Å²) >= 11 is 1.67. The van der Waals surface area contributed by atoms with Gasteiger partial charge in [-0.25, -0.2) is 0 Å². The number of ether oxygens (including phenoxy) is 1. The van der Waals surface area contributed by atoms with Gasteiger partial charge in [0.15, 0.2) is 0 Å². The lowest BCUT2D eigenvalue weighted by Gasteiger charge is -1.97. The van der Waals surface area contributed by atoms with Crippen LogP contribution in [0.2, 0.25) is 0 Å². The highest BCUT2D eigenvalue weighted by Crippen LogP contribution is 2.20. The van der Waals surface area contributed by atoms with Crippen molar-refractivity contribution in [3.05, 3.63) is 24.3 Å². The number of anilines is 1. The largest absolute Gasteiger partial charge is 0.398 e. The van der Waals surface area contributed by atoms with E-state index in [0.717, 1.165) is 30.2 Å². The quantitative estimate of drug-likeness (QED) is 0.486. The zero-order chi connectivity index (χ0) is 11.5. The molecule has 1 aromatic rings. The fraction of sp³-hybridized carbons (Fsp3) is 0.500. The molecule has 0 fully saturated rings. The monoisotopic (exact) mass is 227 g/mol. The first-order chi connectivity index (χ1) is 7.26. The van der Waals surface area contributed by atoms with Crippen molar-refractivity contribution >= 4 is 17.4 Å². The van der Waals surface area contributed by atoms with Crippen molar-refractivity contribution < 1.29 is 4.74 Å². The van der Waals surface area contributed by atoms with E-state index in [2.05, 4.69) is 6.92 Å². The second kappa shape index (κ2) is 9.87. The molecule has 0 saturated carbocycles. The Morgan fingerprint density at radius 1 is 1.27 bits per heavy atom. The predicted octanol–water partition coefficient (Wildman–Crippen LogP) is 3.42. The van der Waals surface area contributed by atoms with Crippen LogP contribution in [-0.4, -0.2) is 19.5 Å². The maximum absolute atomic E-state index is 5.61. The Kier molecular flexibility index (Phi) is 9.43. The van der Waals surface area contributed by atoms with Crippen molar-refractivity contribution in [1.82, 2.24) is 0 Å². The molecular weight excluding hydrogens is 206 g/mol. The molecule has 1 aromatic carbocycles. The molecule has 3 heteroatoms. The van der Waals surface area contributed by atoms with Gasteiger partial charge in [-0.1, -0.05) is 19.1 Å². The van der Waals surface area contributed by atoms with Crippen LogP contribution in [0.4, 0.5) is 5.69 Å². The third-order valence-corrected chi connectivity index (χ3v) is 2.50. The number of nitrogen functional groups attached to an aromatic ring is 1. The zero-order valence-corrected chi connectivity index (χ0v) is 10.6. The number of thioether (sulfide) groups is 1. The molecule has 0 amide bonds. The highest BCUT2D eigenvalue weighted by Gasteiger charge is 1.91. The van der Waals surface area contributed by atoms with Crippen molar-refractivity contribution in [1.29, 1.82) is 0 Å². The van der Waals surface area contributed by atoms with Crippen LogP contribution in [0.15, 0.2) is 29.2 Å². The van der Waals surface area contributed by atoms with Crippen LogP contribution in [0.5, 0.6) is 0 Å². The van der Waals surface area contributed by atoms with Gasteiger partial charge in [-0.2, -0.15) is 0 Å². The first-order valence-corrected chi connectivity index (χ1v) is 6.44. The summed E-state index contributed by atoms with van der Waals surface area (Å²) in [5.74, 6) is 0. The van der Waals surface area contributed by atoms with Crippen LogP contribution in [0.1, 0.15) is 20.3 Å². The summed E-state index contributed by atoms with van der Waals surface area (Å²) in [5.41, 5.74) is 6.48. The maximum Gasteiger partial charge on any atom is 0.0463 e. The van der Waals surface area contributed by atoms with E-state index >= 15 is 0 Å². The first-order valence-electron chi connectivity index (χ1n) is 5.22. The smallest absolute Gasteiger partial charge is 0.0463 e. The second-order valence-electron chi connectivity index (χ2n) is 2.94. The summed E-state index contributed by atoms with van der Waals surface area (Å²) in [6, 6.07) is 7.85. The summed E-state index contributed by atoms with van der Waals surface area (Å²) < 4.78 is 4.98. The maximum atomic E-state index is 5.61. The van der Waals surface area contributed by atoms with Crippen LogP contribution in [0.3, 0.4) is 0 Å². The molecule has 0 bridgehead atoms. The van der Waals surface area contributed by atoms with E-state index < -0.39 is 0 Å². The molecule has 0 aromatic heterocycles. The van der Waals surface area contributed by atoms with Crippen LogP contribution in [-0.2, 0) is 4.74 Å². The van der Waals surface area contributed by atoms with Gasteiger partial charge < -0.3 is 10.5 Å². The number of rotatable bonds is 4. The van der Waals surface area contributed by atoms with Gasteiger partial charge in [0.2, 0.25) is 0 Å². The molecule has 2 nitrogen and oxygen atoms in total. The molecule has 86 valence electrons. The lowest BCUT2D eigenvalue weighted by molar-refractivity contribution is 0.148. The minimum absolute atomic E-state index is 0.855. The van der Waals surface area contributed by atoms with E-state index in [1.54, 1.807) is 11.8 Å². The minimum atomic E-state index is 0.855. The van der Waals surface area contributed by atoms with Gasteiger partial charge in [0, 0.05) is 23.8 Å². The highest BCUT2D eigenvalue weighted by molar-refractivity contribution is 7.98. The number of benzene rings is 1. The summed E-state index contributed by atoms with van der Waals surface area (Å²) in [6.45, 7) is 5.88. The lowest BCUT2D eigenvalue weighted by atomic mass is 10.3. The normalized spacial score (nSPS) is 9.27. The number of para-hydroxylation sites is 1. The van der Waals surface area contributed by atoms with Crippen molar-refractivity contribution in [2.75, 3.05) is 25.2 Å². The summed E-state index contributed by atoms with van der Waals surface area (Å²) in [7, 11) is 0. The van der Waals surface area contributed by atoms with Gasteiger partial charge in [-0.15, -0.1) is 11.8 Å². The molecule has 0 unspecified atom stereocenters. The number of hydrogen-bond donors (Lipinski definition) is 1. The van der Waals surface area contributed by atoms with E-state index in [-0.39, 0.29) is 0 Å². The van der Waals surface area contributed by atoms with Gasteiger partial charge >= 0.3 is 0 Å². The molecule has 0 spiro atoms. The SMILES string of the molecule is CCCOCC.CSc1ccccc1N. The van der Waals surface area contributed by atoms with Crippen LogP contribution in [0, 0.1) is 0 Å².